The number of aromatic hydroxyl groups is 1. The van der Waals surface area contributed by atoms with Crippen LogP contribution in [0.15, 0.2) is 41.3 Å². The zero-order valence-electron chi connectivity index (χ0n) is 9.77. The minimum absolute atomic E-state index is 0.0245. The van der Waals surface area contributed by atoms with Crippen LogP contribution in [0.5, 0.6) is 5.75 Å². The first-order valence-corrected chi connectivity index (χ1v) is 7.50. The van der Waals surface area contributed by atoms with Crippen molar-refractivity contribution in [2.24, 2.45) is 0 Å². The van der Waals surface area contributed by atoms with E-state index in [1.165, 1.54) is 18.2 Å². The van der Waals surface area contributed by atoms with E-state index in [9.17, 15) is 17.9 Å². The summed E-state index contributed by atoms with van der Waals surface area (Å²) in [4.78, 5) is -0.240. The van der Waals surface area contributed by atoms with Crippen molar-refractivity contribution in [2.75, 3.05) is 4.72 Å². The van der Waals surface area contributed by atoms with E-state index in [4.69, 9.17) is 23.2 Å². The fraction of sp³-hybridized carbons (Fsp3) is 0. The first-order chi connectivity index (χ1) is 9.29. The molecule has 0 fully saturated rings. The third-order valence-electron chi connectivity index (χ3n) is 2.39. The van der Waals surface area contributed by atoms with Crippen LogP contribution in [-0.2, 0) is 10.0 Å². The SMILES string of the molecule is O=S(=O)(Nc1ccc(F)cc1O)c1cc(Cl)ccc1Cl. The zero-order chi connectivity index (χ0) is 14.9. The van der Waals surface area contributed by atoms with E-state index < -0.39 is 21.6 Å². The number of nitrogens with one attached hydrogen (secondary N) is 1. The van der Waals surface area contributed by atoms with Crippen LogP contribution in [0.3, 0.4) is 0 Å². The predicted molar refractivity (Wildman–Crippen MR) is 75.3 cm³/mol. The van der Waals surface area contributed by atoms with Crippen molar-refractivity contribution in [3.8, 4) is 5.75 Å². The second-order valence-electron chi connectivity index (χ2n) is 3.84. The highest BCUT2D eigenvalue weighted by molar-refractivity contribution is 7.92. The van der Waals surface area contributed by atoms with Crippen molar-refractivity contribution < 1.29 is 17.9 Å². The highest BCUT2D eigenvalue weighted by atomic mass is 35.5. The van der Waals surface area contributed by atoms with Gasteiger partial charge in [0.25, 0.3) is 10.0 Å². The number of sulfonamides is 1. The number of benzene rings is 2. The van der Waals surface area contributed by atoms with Crippen molar-refractivity contribution >= 4 is 38.9 Å². The fourth-order valence-electron chi connectivity index (χ4n) is 1.47. The molecule has 2 rings (SSSR count). The van der Waals surface area contributed by atoms with Crippen LogP contribution >= 0.6 is 23.2 Å². The molecule has 0 aliphatic heterocycles. The molecule has 0 spiro atoms. The predicted octanol–water partition coefficient (Wildman–Crippen LogP) is 3.64. The Morgan fingerprint density at radius 3 is 2.45 bits per heavy atom. The zero-order valence-corrected chi connectivity index (χ0v) is 12.1. The minimum Gasteiger partial charge on any atom is -0.506 e. The molecular formula is C12H8Cl2FNO3S. The van der Waals surface area contributed by atoms with Gasteiger partial charge in [-0.1, -0.05) is 23.2 Å². The lowest BCUT2D eigenvalue weighted by molar-refractivity contribution is 0.471. The highest BCUT2D eigenvalue weighted by Gasteiger charge is 2.20. The van der Waals surface area contributed by atoms with Crippen LogP contribution in [0.4, 0.5) is 10.1 Å². The Morgan fingerprint density at radius 1 is 1.10 bits per heavy atom. The lowest BCUT2D eigenvalue weighted by Crippen LogP contribution is -2.13. The van der Waals surface area contributed by atoms with E-state index >= 15 is 0 Å². The van der Waals surface area contributed by atoms with Crippen LogP contribution in [-0.4, -0.2) is 13.5 Å². The third kappa shape index (κ3) is 3.15. The second kappa shape index (κ2) is 5.47. The van der Waals surface area contributed by atoms with Crippen molar-refractivity contribution in [3.63, 3.8) is 0 Å². The molecule has 0 amide bonds. The van der Waals surface area contributed by atoms with Crippen molar-refractivity contribution in [2.45, 2.75) is 4.90 Å². The average Bonchev–Trinajstić information content (AvgIpc) is 2.35. The number of anilines is 1. The van der Waals surface area contributed by atoms with Crippen LogP contribution in [0.2, 0.25) is 10.0 Å². The van der Waals surface area contributed by atoms with Gasteiger partial charge in [-0.2, -0.15) is 0 Å². The average molecular weight is 336 g/mol. The molecular weight excluding hydrogens is 328 g/mol. The van der Waals surface area contributed by atoms with Crippen LogP contribution in [0.25, 0.3) is 0 Å². The van der Waals surface area contributed by atoms with E-state index in [0.29, 0.717) is 0 Å². The summed E-state index contributed by atoms with van der Waals surface area (Å²) in [5.41, 5.74) is -0.164. The first kappa shape index (κ1) is 14.9. The van der Waals surface area contributed by atoms with Crippen molar-refractivity contribution in [1.82, 2.24) is 0 Å². The van der Waals surface area contributed by atoms with E-state index in [1.807, 2.05) is 0 Å². The lowest BCUT2D eigenvalue weighted by Gasteiger charge is -2.11. The number of hydrogen-bond acceptors (Lipinski definition) is 3. The van der Waals surface area contributed by atoms with Crippen LogP contribution in [0, 0.1) is 5.82 Å². The molecule has 8 heteroatoms. The minimum atomic E-state index is -4.05. The van der Waals surface area contributed by atoms with Gasteiger partial charge in [-0.05, 0) is 30.3 Å². The number of hydrogen-bond donors (Lipinski definition) is 2. The topological polar surface area (TPSA) is 66.4 Å². The standard InChI is InChI=1S/C12H8Cl2FNO3S/c13-7-1-3-9(14)12(5-7)20(18,19)16-10-4-2-8(15)6-11(10)17/h1-6,16-17H. The molecule has 4 nitrogen and oxygen atoms in total. The summed E-state index contributed by atoms with van der Waals surface area (Å²) >= 11 is 11.5. The number of halogens is 3. The molecule has 0 aliphatic carbocycles. The molecule has 0 unspecified atom stereocenters. The van der Waals surface area contributed by atoms with E-state index in [-0.39, 0.29) is 20.6 Å². The van der Waals surface area contributed by atoms with Gasteiger partial charge < -0.3 is 5.11 Å². The van der Waals surface area contributed by atoms with Gasteiger partial charge in [-0.3, -0.25) is 4.72 Å². The largest absolute Gasteiger partial charge is 0.506 e. The van der Waals surface area contributed by atoms with Crippen molar-refractivity contribution in [1.29, 1.82) is 0 Å². The molecule has 0 heterocycles. The summed E-state index contributed by atoms with van der Waals surface area (Å²) in [6, 6.07) is 6.85. The summed E-state index contributed by atoms with van der Waals surface area (Å²) in [7, 11) is -4.05. The Morgan fingerprint density at radius 2 is 1.80 bits per heavy atom. The van der Waals surface area contributed by atoms with Crippen molar-refractivity contribution in [3.05, 3.63) is 52.3 Å². The van der Waals surface area contributed by atoms with Gasteiger partial charge in [0.05, 0.1) is 10.7 Å². The summed E-state index contributed by atoms with van der Waals surface area (Å²) in [6.07, 6.45) is 0. The molecule has 106 valence electrons. The van der Waals surface area contributed by atoms with Gasteiger partial charge in [0, 0.05) is 11.1 Å². The van der Waals surface area contributed by atoms with Gasteiger partial charge in [0.1, 0.15) is 16.5 Å². The normalized spacial score (nSPS) is 11.3. The third-order valence-corrected chi connectivity index (χ3v) is 4.47. The van der Waals surface area contributed by atoms with Gasteiger partial charge in [0.2, 0.25) is 0 Å². The highest BCUT2D eigenvalue weighted by Crippen LogP contribution is 2.30. The quantitative estimate of drug-likeness (QED) is 0.841. The molecule has 0 aliphatic rings. The number of rotatable bonds is 3. The first-order valence-electron chi connectivity index (χ1n) is 5.26. The maximum absolute atomic E-state index is 12.8. The molecule has 0 aromatic heterocycles. The van der Waals surface area contributed by atoms with E-state index in [1.54, 1.807) is 0 Å². The summed E-state index contributed by atoms with van der Waals surface area (Å²) in [5, 5.41) is 9.67. The van der Waals surface area contributed by atoms with Gasteiger partial charge >= 0.3 is 0 Å². The lowest BCUT2D eigenvalue weighted by atomic mass is 10.3. The molecule has 20 heavy (non-hydrogen) atoms. The van der Waals surface area contributed by atoms with Gasteiger partial charge in [0.15, 0.2) is 0 Å². The smallest absolute Gasteiger partial charge is 0.263 e. The fourth-order valence-corrected chi connectivity index (χ4v) is 3.31. The van der Waals surface area contributed by atoms with Crippen LogP contribution < -0.4 is 4.72 Å². The Hall–Kier alpha value is -1.50. The van der Waals surface area contributed by atoms with Crippen LogP contribution in [0.1, 0.15) is 0 Å². The monoisotopic (exact) mass is 335 g/mol. The molecule has 2 N–H and O–H groups in total. The molecule has 2 aromatic carbocycles. The summed E-state index contributed by atoms with van der Waals surface area (Å²) in [6.45, 7) is 0. The summed E-state index contributed by atoms with van der Waals surface area (Å²) < 4.78 is 39.3. The Labute approximate surface area is 124 Å². The maximum Gasteiger partial charge on any atom is 0.263 e. The van der Waals surface area contributed by atoms with Gasteiger partial charge in [-0.15, -0.1) is 0 Å². The molecule has 0 bridgehead atoms. The second-order valence-corrected chi connectivity index (χ2v) is 6.34. The Bertz CT molecular complexity index is 765. The molecule has 0 saturated carbocycles. The van der Waals surface area contributed by atoms with E-state index in [2.05, 4.69) is 4.72 Å². The molecule has 0 atom stereocenters. The molecule has 2 aromatic rings. The number of phenolic OH excluding ortho intramolecular Hbond substituents is 1. The van der Waals surface area contributed by atoms with E-state index in [0.717, 1.165) is 18.2 Å². The Balaban J connectivity index is 2.43. The Kier molecular flexibility index (Phi) is 4.08. The number of phenols is 1. The molecule has 0 saturated heterocycles. The molecule has 0 radical (unpaired) electrons. The maximum atomic E-state index is 12.8. The summed E-state index contributed by atoms with van der Waals surface area (Å²) in [5.74, 6) is -1.22. The van der Waals surface area contributed by atoms with Gasteiger partial charge in [-0.25, -0.2) is 12.8 Å².